The van der Waals surface area contributed by atoms with Gasteiger partial charge in [-0.05, 0) is 54.3 Å². The average Bonchev–Trinajstić information content (AvgIpc) is 2.90. The zero-order valence-corrected chi connectivity index (χ0v) is 8.68. The summed E-state index contributed by atoms with van der Waals surface area (Å²) in [5, 5.41) is 0. The van der Waals surface area contributed by atoms with Gasteiger partial charge in [0.25, 0.3) is 0 Å². The quantitative estimate of drug-likeness (QED) is 0.529. The second-order valence-corrected chi connectivity index (χ2v) is 6.45. The molecule has 0 N–H and O–H groups in total. The SMILES string of the molecule is CC1CC2CCCCC2C23CC12C3. The molecular weight excluding hydrogens is 156 g/mol. The summed E-state index contributed by atoms with van der Waals surface area (Å²) in [7, 11) is 0. The molecule has 0 nitrogen and oxygen atoms in total. The van der Waals surface area contributed by atoms with E-state index in [0.717, 1.165) is 22.7 Å². The van der Waals surface area contributed by atoms with Gasteiger partial charge in [-0.3, -0.25) is 0 Å². The molecule has 4 fully saturated rings. The van der Waals surface area contributed by atoms with Crippen LogP contribution in [0.5, 0.6) is 0 Å². The van der Waals surface area contributed by atoms with Gasteiger partial charge in [-0.15, -0.1) is 0 Å². The van der Waals surface area contributed by atoms with Gasteiger partial charge in [-0.2, -0.15) is 0 Å². The van der Waals surface area contributed by atoms with Gasteiger partial charge in [0.2, 0.25) is 0 Å². The predicted octanol–water partition coefficient (Wildman–Crippen LogP) is 3.61. The lowest BCUT2D eigenvalue weighted by Crippen LogP contribution is -2.29. The molecule has 0 saturated heterocycles. The van der Waals surface area contributed by atoms with Crippen LogP contribution < -0.4 is 0 Å². The molecule has 0 aromatic carbocycles. The van der Waals surface area contributed by atoms with Crippen molar-refractivity contribution in [2.24, 2.45) is 28.6 Å². The van der Waals surface area contributed by atoms with Crippen LogP contribution in [0.3, 0.4) is 0 Å². The molecule has 4 saturated carbocycles. The predicted molar refractivity (Wildman–Crippen MR) is 53.3 cm³/mol. The van der Waals surface area contributed by atoms with Crippen molar-refractivity contribution in [1.29, 1.82) is 0 Å². The fourth-order valence-electron chi connectivity index (χ4n) is 5.35. The van der Waals surface area contributed by atoms with E-state index in [4.69, 9.17) is 0 Å². The standard InChI is InChI=1S/C13H20/c1-9-6-10-4-2-3-5-11(10)13-7-12(9,13)8-13/h9-11H,2-8H2,1H3. The Morgan fingerprint density at radius 2 is 1.77 bits per heavy atom. The molecule has 0 bridgehead atoms. The highest BCUT2D eigenvalue weighted by molar-refractivity contribution is 5.36. The van der Waals surface area contributed by atoms with Crippen molar-refractivity contribution in [2.75, 3.05) is 0 Å². The third-order valence-corrected chi connectivity index (χ3v) is 6.22. The van der Waals surface area contributed by atoms with Crippen LogP contribution in [0.1, 0.15) is 51.9 Å². The van der Waals surface area contributed by atoms with Crippen LogP contribution in [0.4, 0.5) is 0 Å². The van der Waals surface area contributed by atoms with Gasteiger partial charge in [0.15, 0.2) is 0 Å². The highest BCUT2D eigenvalue weighted by Crippen LogP contribution is 2.95. The molecule has 0 heterocycles. The summed E-state index contributed by atoms with van der Waals surface area (Å²) in [6.45, 7) is 2.54. The number of fused-ring (bicyclic) bond motifs is 1. The van der Waals surface area contributed by atoms with E-state index in [1.807, 2.05) is 0 Å². The molecule has 3 atom stereocenters. The van der Waals surface area contributed by atoms with Crippen molar-refractivity contribution in [3.05, 3.63) is 0 Å². The molecule has 0 aromatic heterocycles. The first-order valence-corrected chi connectivity index (χ1v) is 6.29. The van der Waals surface area contributed by atoms with Crippen LogP contribution in [0.2, 0.25) is 0 Å². The van der Waals surface area contributed by atoms with E-state index in [0.29, 0.717) is 0 Å². The van der Waals surface area contributed by atoms with Gasteiger partial charge in [0.1, 0.15) is 0 Å². The maximum absolute atomic E-state index is 2.54. The van der Waals surface area contributed by atoms with Gasteiger partial charge < -0.3 is 0 Å². The second kappa shape index (κ2) is 1.85. The Morgan fingerprint density at radius 3 is 2.62 bits per heavy atom. The zero-order chi connectivity index (χ0) is 8.68. The largest absolute Gasteiger partial charge is 0.0619 e. The lowest BCUT2D eigenvalue weighted by Gasteiger charge is -2.37. The molecule has 0 spiro atoms. The maximum atomic E-state index is 2.54. The topological polar surface area (TPSA) is 0 Å². The molecule has 4 aliphatic carbocycles. The van der Waals surface area contributed by atoms with Crippen molar-refractivity contribution in [3.63, 3.8) is 0 Å². The van der Waals surface area contributed by atoms with Crippen molar-refractivity contribution in [2.45, 2.75) is 51.9 Å². The number of hydrogen-bond acceptors (Lipinski definition) is 0. The summed E-state index contributed by atoms with van der Waals surface area (Å²) >= 11 is 0. The molecule has 4 aliphatic rings. The Kier molecular flexibility index (Phi) is 1.04. The molecule has 0 amide bonds. The van der Waals surface area contributed by atoms with Crippen LogP contribution in [0.15, 0.2) is 0 Å². The van der Waals surface area contributed by atoms with Crippen molar-refractivity contribution in [3.8, 4) is 0 Å². The summed E-state index contributed by atoms with van der Waals surface area (Å²) in [6, 6.07) is 0. The summed E-state index contributed by atoms with van der Waals surface area (Å²) in [4.78, 5) is 0. The minimum atomic E-state index is 0.936. The number of hydrogen-bond donors (Lipinski definition) is 0. The zero-order valence-electron chi connectivity index (χ0n) is 8.68. The highest BCUT2D eigenvalue weighted by atomic mass is 14.9. The molecule has 0 radical (unpaired) electrons. The third-order valence-electron chi connectivity index (χ3n) is 6.22. The Morgan fingerprint density at radius 1 is 1.00 bits per heavy atom. The van der Waals surface area contributed by atoms with Gasteiger partial charge >= 0.3 is 0 Å². The average molecular weight is 176 g/mol. The van der Waals surface area contributed by atoms with Crippen molar-refractivity contribution >= 4 is 0 Å². The Labute approximate surface area is 81.1 Å². The smallest absolute Gasteiger partial charge is 0.0196 e. The minimum absolute atomic E-state index is 0.936. The lowest BCUT2D eigenvalue weighted by molar-refractivity contribution is 0.122. The summed E-state index contributed by atoms with van der Waals surface area (Å²) in [6.07, 6.45) is 11.1. The fourth-order valence-corrected chi connectivity index (χ4v) is 5.35. The highest BCUT2D eigenvalue weighted by Gasteiger charge is 2.88. The first-order valence-electron chi connectivity index (χ1n) is 6.29. The molecule has 4 rings (SSSR count). The van der Waals surface area contributed by atoms with Crippen LogP contribution in [-0.2, 0) is 0 Å². The van der Waals surface area contributed by atoms with E-state index >= 15 is 0 Å². The van der Waals surface area contributed by atoms with E-state index in [2.05, 4.69) is 6.92 Å². The van der Waals surface area contributed by atoms with Gasteiger partial charge in [0, 0.05) is 0 Å². The van der Waals surface area contributed by atoms with Gasteiger partial charge in [-0.1, -0.05) is 26.2 Å². The van der Waals surface area contributed by atoms with Crippen molar-refractivity contribution in [1.82, 2.24) is 0 Å². The Bertz CT molecular complexity index is 259. The second-order valence-electron chi connectivity index (χ2n) is 6.45. The van der Waals surface area contributed by atoms with Crippen LogP contribution >= 0.6 is 0 Å². The van der Waals surface area contributed by atoms with Gasteiger partial charge in [0.05, 0.1) is 0 Å². The summed E-state index contributed by atoms with van der Waals surface area (Å²) in [5.41, 5.74) is 1.89. The van der Waals surface area contributed by atoms with E-state index in [1.165, 1.54) is 12.3 Å². The van der Waals surface area contributed by atoms with Gasteiger partial charge in [-0.25, -0.2) is 0 Å². The molecule has 0 aliphatic heterocycles. The maximum Gasteiger partial charge on any atom is -0.0196 e. The molecular formula is C13H20. The first kappa shape index (κ1) is 7.31. The van der Waals surface area contributed by atoms with E-state index in [-0.39, 0.29) is 0 Å². The van der Waals surface area contributed by atoms with Crippen LogP contribution in [0, 0.1) is 28.6 Å². The van der Waals surface area contributed by atoms with Crippen molar-refractivity contribution < 1.29 is 0 Å². The molecule has 3 unspecified atom stereocenters. The fraction of sp³-hybridized carbons (Fsp3) is 1.00. The molecule has 13 heavy (non-hydrogen) atoms. The third kappa shape index (κ3) is 0.620. The Balaban J connectivity index is 1.70. The monoisotopic (exact) mass is 176 g/mol. The summed E-state index contributed by atoms with van der Waals surface area (Å²) < 4.78 is 0. The normalized spacial score (nSPS) is 67.6. The van der Waals surface area contributed by atoms with Crippen LogP contribution in [0.25, 0.3) is 0 Å². The first-order chi connectivity index (χ1) is 6.29. The number of rotatable bonds is 0. The van der Waals surface area contributed by atoms with E-state index in [1.54, 1.807) is 38.5 Å². The van der Waals surface area contributed by atoms with Crippen LogP contribution in [-0.4, -0.2) is 0 Å². The minimum Gasteiger partial charge on any atom is -0.0619 e. The van der Waals surface area contributed by atoms with E-state index in [9.17, 15) is 0 Å². The lowest BCUT2D eigenvalue weighted by atomic mass is 9.68. The molecule has 0 heteroatoms. The van der Waals surface area contributed by atoms with E-state index < -0.39 is 0 Å². The Hall–Kier alpha value is 0. The summed E-state index contributed by atoms with van der Waals surface area (Å²) in [5.74, 6) is 3.44. The molecule has 72 valence electrons. The molecule has 0 aromatic rings.